The van der Waals surface area contributed by atoms with Gasteiger partial charge < -0.3 is 10.5 Å². The molecule has 0 amide bonds. The van der Waals surface area contributed by atoms with Gasteiger partial charge in [0.2, 0.25) is 0 Å². The number of rotatable bonds is 2. The maximum atomic E-state index is 11.7. The highest BCUT2D eigenvalue weighted by Crippen LogP contribution is 2.09. The Hall–Kier alpha value is -1.62. The van der Waals surface area contributed by atoms with Gasteiger partial charge in [-0.25, -0.2) is 14.3 Å². The minimum absolute atomic E-state index is 0.0401. The van der Waals surface area contributed by atoms with Crippen molar-refractivity contribution in [1.82, 2.24) is 9.55 Å². The molecule has 1 aromatic heterocycles. The van der Waals surface area contributed by atoms with E-state index in [2.05, 4.69) is 4.98 Å². The molecule has 0 saturated carbocycles. The first-order valence-corrected chi connectivity index (χ1v) is 5.49. The minimum Gasteiger partial charge on any atom is -0.443 e. The molecule has 0 saturated heterocycles. The molecule has 0 aromatic carbocycles. The van der Waals surface area contributed by atoms with Gasteiger partial charge in [0.15, 0.2) is 0 Å². The van der Waals surface area contributed by atoms with Gasteiger partial charge in [-0.1, -0.05) is 6.08 Å². The Morgan fingerprint density at radius 3 is 2.76 bits per heavy atom. The van der Waals surface area contributed by atoms with Gasteiger partial charge in [0.05, 0.1) is 5.69 Å². The summed E-state index contributed by atoms with van der Waals surface area (Å²) in [6, 6.07) is -0.0401. The van der Waals surface area contributed by atoms with E-state index in [4.69, 9.17) is 10.5 Å². The predicted molar refractivity (Wildman–Crippen MR) is 66.5 cm³/mol. The molecule has 1 atom stereocenters. The summed E-state index contributed by atoms with van der Waals surface area (Å²) >= 11 is 0. The van der Waals surface area contributed by atoms with Crippen LogP contribution in [-0.2, 0) is 4.74 Å². The Balaban J connectivity index is 2.71. The van der Waals surface area contributed by atoms with Gasteiger partial charge in [-0.3, -0.25) is 0 Å². The molecule has 0 fully saturated rings. The van der Waals surface area contributed by atoms with Crippen molar-refractivity contribution in [3.8, 4) is 0 Å². The van der Waals surface area contributed by atoms with Gasteiger partial charge in [-0.05, 0) is 33.8 Å². The summed E-state index contributed by atoms with van der Waals surface area (Å²) in [7, 11) is 0. The number of ether oxygens (including phenoxy) is 1. The van der Waals surface area contributed by atoms with Crippen LogP contribution < -0.4 is 5.73 Å². The fourth-order valence-corrected chi connectivity index (χ4v) is 1.09. The van der Waals surface area contributed by atoms with E-state index in [0.29, 0.717) is 5.69 Å². The van der Waals surface area contributed by atoms with E-state index >= 15 is 0 Å². The van der Waals surface area contributed by atoms with Crippen molar-refractivity contribution in [1.29, 1.82) is 0 Å². The Kier molecular flexibility index (Phi) is 4.07. The van der Waals surface area contributed by atoms with Crippen molar-refractivity contribution in [2.45, 2.75) is 39.3 Å². The molecule has 17 heavy (non-hydrogen) atoms. The molecule has 0 aliphatic rings. The Labute approximate surface area is 101 Å². The summed E-state index contributed by atoms with van der Waals surface area (Å²) in [6.07, 6.45) is 6.17. The van der Waals surface area contributed by atoms with Crippen molar-refractivity contribution in [2.24, 2.45) is 5.73 Å². The zero-order valence-corrected chi connectivity index (χ0v) is 10.7. The third-order valence-corrected chi connectivity index (χ3v) is 1.78. The predicted octanol–water partition coefficient (Wildman–Crippen LogP) is 2.03. The molecule has 5 heteroatoms. The molecule has 1 aromatic rings. The lowest BCUT2D eigenvalue weighted by molar-refractivity contribution is 0.0536. The van der Waals surface area contributed by atoms with Crippen molar-refractivity contribution in [2.75, 3.05) is 0 Å². The Morgan fingerprint density at radius 2 is 2.24 bits per heavy atom. The molecular weight excluding hydrogens is 218 g/mol. The zero-order chi connectivity index (χ0) is 13.1. The number of aromatic nitrogens is 2. The molecule has 1 unspecified atom stereocenters. The average Bonchev–Trinajstić information content (AvgIpc) is 2.60. The lowest BCUT2D eigenvalue weighted by Crippen LogP contribution is -2.26. The molecule has 94 valence electrons. The topological polar surface area (TPSA) is 70.1 Å². The summed E-state index contributed by atoms with van der Waals surface area (Å²) in [4.78, 5) is 15.7. The van der Waals surface area contributed by atoms with Crippen LogP contribution in [0.15, 0.2) is 18.6 Å². The third-order valence-electron chi connectivity index (χ3n) is 1.78. The number of nitrogens with two attached hydrogens (primary N) is 1. The van der Waals surface area contributed by atoms with Crippen LogP contribution in [0.1, 0.15) is 33.4 Å². The standard InChI is InChI=1S/C12H19N3O2/c1-9(13)5-6-10-7-15(8-14-10)11(16)17-12(2,3)4/h5-9H,13H2,1-4H3/b6-5+. The zero-order valence-electron chi connectivity index (χ0n) is 10.7. The highest BCUT2D eigenvalue weighted by molar-refractivity contribution is 5.71. The fraction of sp³-hybridized carbons (Fsp3) is 0.500. The van der Waals surface area contributed by atoms with E-state index in [9.17, 15) is 4.79 Å². The molecule has 0 aliphatic heterocycles. The van der Waals surface area contributed by atoms with Crippen LogP contribution in [0.2, 0.25) is 0 Å². The highest BCUT2D eigenvalue weighted by Gasteiger charge is 2.17. The van der Waals surface area contributed by atoms with E-state index in [-0.39, 0.29) is 6.04 Å². The molecule has 5 nitrogen and oxygen atoms in total. The Morgan fingerprint density at radius 1 is 1.59 bits per heavy atom. The number of hydrogen-bond donors (Lipinski definition) is 1. The minimum atomic E-state index is -0.511. The van der Waals surface area contributed by atoms with Crippen molar-refractivity contribution >= 4 is 12.2 Å². The maximum absolute atomic E-state index is 11.7. The van der Waals surface area contributed by atoms with Crippen LogP contribution >= 0.6 is 0 Å². The van der Waals surface area contributed by atoms with Crippen LogP contribution in [0.3, 0.4) is 0 Å². The molecule has 0 bridgehead atoms. The quantitative estimate of drug-likeness (QED) is 0.854. The SMILES string of the molecule is CC(N)/C=C/c1cn(C(=O)OC(C)(C)C)cn1. The van der Waals surface area contributed by atoms with Crippen LogP contribution in [0.4, 0.5) is 4.79 Å². The number of hydrogen-bond acceptors (Lipinski definition) is 4. The molecule has 0 aliphatic carbocycles. The van der Waals surface area contributed by atoms with Gasteiger partial charge in [-0.15, -0.1) is 0 Å². The lowest BCUT2D eigenvalue weighted by atomic mass is 10.2. The average molecular weight is 237 g/mol. The Bertz CT molecular complexity index is 414. The second-order valence-electron chi connectivity index (χ2n) is 4.90. The number of carbonyl (C=O) groups excluding carboxylic acids is 1. The summed E-state index contributed by atoms with van der Waals surface area (Å²) < 4.78 is 6.51. The monoisotopic (exact) mass is 237 g/mol. The molecular formula is C12H19N3O2. The third kappa shape index (κ3) is 4.82. The smallest absolute Gasteiger partial charge is 0.419 e. The van der Waals surface area contributed by atoms with Crippen molar-refractivity contribution < 1.29 is 9.53 Å². The number of carbonyl (C=O) groups is 1. The first kappa shape index (κ1) is 13.4. The highest BCUT2D eigenvalue weighted by atomic mass is 16.6. The van der Waals surface area contributed by atoms with E-state index in [0.717, 1.165) is 0 Å². The van der Waals surface area contributed by atoms with Crippen LogP contribution in [-0.4, -0.2) is 27.3 Å². The van der Waals surface area contributed by atoms with E-state index in [1.54, 1.807) is 12.3 Å². The van der Waals surface area contributed by atoms with E-state index < -0.39 is 11.7 Å². The van der Waals surface area contributed by atoms with Gasteiger partial charge in [0.25, 0.3) is 0 Å². The normalized spacial score (nSPS) is 13.9. The summed E-state index contributed by atoms with van der Waals surface area (Å²) in [6.45, 7) is 7.32. The van der Waals surface area contributed by atoms with Gasteiger partial charge >= 0.3 is 6.09 Å². The van der Waals surface area contributed by atoms with E-state index in [1.807, 2.05) is 33.8 Å². The van der Waals surface area contributed by atoms with Gasteiger partial charge in [-0.2, -0.15) is 0 Å². The number of nitrogens with zero attached hydrogens (tertiary/aromatic N) is 2. The van der Waals surface area contributed by atoms with Crippen LogP contribution in [0.5, 0.6) is 0 Å². The second kappa shape index (κ2) is 5.14. The van der Waals surface area contributed by atoms with Crippen molar-refractivity contribution in [3.05, 3.63) is 24.3 Å². The second-order valence-corrected chi connectivity index (χ2v) is 4.90. The largest absolute Gasteiger partial charge is 0.443 e. The maximum Gasteiger partial charge on any atom is 0.419 e. The summed E-state index contributed by atoms with van der Waals surface area (Å²) in [5.74, 6) is 0. The summed E-state index contributed by atoms with van der Waals surface area (Å²) in [5, 5.41) is 0. The first-order chi connectivity index (χ1) is 7.78. The first-order valence-electron chi connectivity index (χ1n) is 5.49. The molecule has 1 heterocycles. The van der Waals surface area contributed by atoms with E-state index in [1.165, 1.54) is 10.9 Å². The van der Waals surface area contributed by atoms with Crippen LogP contribution in [0, 0.1) is 0 Å². The van der Waals surface area contributed by atoms with Crippen LogP contribution in [0.25, 0.3) is 6.08 Å². The van der Waals surface area contributed by atoms with Crippen molar-refractivity contribution in [3.63, 3.8) is 0 Å². The van der Waals surface area contributed by atoms with Gasteiger partial charge in [0.1, 0.15) is 11.9 Å². The number of imidazole rings is 1. The van der Waals surface area contributed by atoms with Gasteiger partial charge in [0, 0.05) is 12.2 Å². The molecule has 0 spiro atoms. The molecule has 1 rings (SSSR count). The fourth-order valence-electron chi connectivity index (χ4n) is 1.09. The summed E-state index contributed by atoms with van der Waals surface area (Å²) in [5.41, 5.74) is 5.74. The molecule has 2 N–H and O–H groups in total. The lowest BCUT2D eigenvalue weighted by Gasteiger charge is -2.18. The molecule has 0 radical (unpaired) electrons.